The molecule has 4 nitrogen and oxygen atoms in total. The number of halogens is 3. The maximum Gasteiger partial charge on any atom is 0.244 e. The van der Waals surface area contributed by atoms with Gasteiger partial charge in [-0.2, -0.15) is 0 Å². The Kier molecular flexibility index (Phi) is 5.51. The monoisotopic (exact) mass is 352 g/mol. The lowest BCUT2D eigenvalue weighted by molar-refractivity contribution is -0.120. The first kappa shape index (κ1) is 17.9. The molecule has 0 aromatic heterocycles. The highest BCUT2D eigenvalue weighted by Crippen LogP contribution is 2.24. The molecular formula is C17H15ClF2N2O2. The van der Waals surface area contributed by atoms with Gasteiger partial charge in [-0.25, -0.2) is 8.78 Å². The van der Waals surface area contributed by atoms with Crippen molar-refractivity contribution in [1.29, 1.82) is 0 Å². The fourth-order valence-corrected chi connectivity index (χ4v) is 2.25. The summed E-state index contributed by atoms with van der Waals surface area (Å²) in [6.45, 7) is 2.69. The largest absolute Gasteiger partial charge is 0.320 e. The average molecular weight is 353 g/mol. The molecule has 0 aliphatic carbocycles. The number of para-hydroxylation sites is 1. The minimum absolute atomic E-state index is 0.400. The Morgan fingerprint density at radius 3 is 2.33 bits per heavy atom. The van der Waals surface area contributed by atoms with E-state index in [1.807, 2.05) is 0 Å². The van der Waals surface area contributed by atoms with Crippen molar-refractivity contribution in [1.82, 2.24) is 0 Å². The SMILES string of the molecule is CC(=O)N(CC(=O)Nc1c(F)cccc1F)c1ccc(C)c(Cl)c1. The molecule has 0 bridgehead atoms. The Bertz CT molecular complexity index is 776. The second kappa shape index (κ2) is 7.40. The van der Waals surface area contributed by atoms with E-state index in [9.17, 15) is 18.4 Å². The normalized spacial score (nSPS) is 10.4. The number of anilines is 2. The van der Waals surface area contributed by atoms with E-state index in [0.29, 0.717) is 10.7 Å². The number of nitrogens with one attached hydrogen (secondary N) is 1. The lowest BCUT2D eigenvalue weighted by Gasteiger charge is -2.21. The van der Waals surface area contributed by atoms with Crippen LogP contribution >= 0.6 is 11.6 Å². The second-order valence-electron chi connectivity index (χ2n) is 5.18. The highest BCUT2D eigenvalue weighted by atomic mass is 35.5. The van der Waals surface area contributed by atoms with Gasteiger partial charge >= 0.3 is 0 Å². The molecule has 2 aromatic carbocycles. The highest BCUT2D eigenvalue weighted by Gasteiger charge is 2.19. The Morgan fingerprint density at radius 2 is 1.79 bits per heavy atom. The van der Waals surface area contributed by atoms with Gasteiger partial charge in [-0.15, -0.1) is 0 Å². The Labute approximate surface area is 143 Å². The molecule has 0 fully saturated rings. The van der Waals surface area contributed by atoms with Crippen LogP contribution in [-0.2, 0) is 9.59 Å². The number of rotatable bonds is 4. The summed E-state index contributed by atoms with van der Waals surface area (Å²) >= 11 is 6.03. The van der Waals surface area contributed by atoms with E-state index in [1.165, 1.54) is 17.9 Å². The summed E-state index contributed by atoms with van der Waals surface area (Å²) in [5, 5.41) is 2.59. The molecule has 2 amide bonds. The first-order chi connectivity index (χ1) is 11.3. The molecule has 126 valence electrons. The molecule has 24 heavy (non-hydrogen) atoms. The van der Waals surface area contributed by atoms with E-state index < -0.39 is 35.7 Å². The van der Waals surface area contributed by atoms with Crippen LogP contribution in [0, 0.1) is 18.6 Å². The maximum absolute atomic E-state index is 13.6. The molecule has 0 saturated heterocycles. The van der Waals surface area contributed by atoms with Gasteiger partial charge in [-0.05, 0) is 36.8 Å². The summed E-state index contributed by atoms with van der Waals surface area (Å²) in [5.41, 5.74) is 0.692. The standard InChI is InChI=1S/C17H15ClF2N2O2/c1-10-6-7-12(8-13(10)18)22(11(2)23)9-16(24)21-17-14(19)4-3-5-15(17)20/h3-8H,9H2,1-2H3,(H,21,24). The van der Waals surface area contributed by atoms with Crippen LogP contribution in [0.5, 0.6) is 0 Å². The first-order valence-electron chi connectivity index (χ1n) is 7.07. The molecule has 0 aliphatic rings. The number of aryl methyl sites for hydroxylation is 1. The van der Waals surface area contributed by atoms with Gasteiger partial charge in [-0.1, -0.05) is 23.7 Å². The van der Waals surface area contributed by atoms with Crippen molar-refractivity contribution < 1.29 is 18.4 Å². The molecule has 0 heterocycles. The molecule has 2 rings (SSSR count). The third-order valence-electron chi connectivity index (χ3n) is 3.38. The highest BCUT2D eigenvalue weighted by molar-refractivity contribution is 6.31. The average Bonchev–Trinajstić information content (AvgIpc) is 2.51. The molecular weight excluding hydrogens is 338 g/mol. The Balaban J connectivity index is 2.20. The number of carbonyl (C=O) groups is 2. The zero-order chi connectivity index (χ0) is 17.9. The van der Waals surface area contributed by atoms with Crippen molar-refractivity contribution in [3.05, 3.63) is 58.6 Å². The third kappa shape index (κ3) is 4.08. The van der Waals surface area contributed by atoms with Crippen LogP contribution in [-0.4, -0.2) is 18.4 Å². The summed E-state index contributed by atoms with van der Waals surface area (Å²) < 4.78 is 27.1. The van der Waals surface area contributed by atoms with Crippen molar-refractivity contribution in [2.45, 2.75) is 13.8 Å². The predicted molar refractivity (Wildman–Crippen MR) is 89.2 cm³/mol. The van der Waals surface area contributed by atoms with Gasteiger partial charge in [0.15, 0.2) is 0 Å². The molecule has 0 aliphatic heterocycles. The minimum Gasteiger partial charge on any atom is -0.320 e. The number of nitrogens with zero attached hydrogens (tertiary/aromatic N) is 1. The third-order valence-corrected chi connectivity index (χ3v) is 3.78. The first-order valence-corrected chi connectivity index (χ1v) is 7.45. The summed E-state index contributed by atoms with van der Waals surface area (Å²) in [4.78, 5) is 25.1. The molecule has 2 aromatic rings. The zero-order valence-corrected chi connectivity index (χ0v) is 13.8. The number of hydrogen-bond acceptors (Lipinski definition) is 2. The van der Waals surface area contributed by atoms with Crippen LogP contribution in [0.25, 0.3) is 0 Å². The maximum atomic E-state index is 13.6. The molecule has 0 radical (unpaired) electrons. The lowest BCUT2D eigenvalue weighted by atomic mass is 10.2. The van der Waals surface area contributed by atoms with Gasteiger partial charge in [0.05, 0.1) is 0 Å². The fraction of sp³-hybridized carbons (Fsp3) is 0.176. The number of benzene rings is 2. The van der Waals surface area contributed by atoms with Crippen LogP contribution in [0.1, 0.15) is 12.5 Å². The van der Waals surface area contributed by atoms with Crippen LogP contribution in [0.4, 0.5) is 20.2 Å². The van der Waals surface area contributed by atoms with E-state index >= 15 is 0 Å². The number of hydrogen-bond donors (Lipinski definition) is 1. The molecule has 7 heteroatoms. The van der Waals surface area contributed by atoms with E-state index in [2.05, 4.69) is 5.32 Å². The molecule has 0 atom stereocenters. The Hall–Kier alpha value is -2.47. The van der Waals surface area contributed by atoms with Gasteiger partial charge < -0.3 is 10.2 Å². The van der Waals surface area contributed by atoms with Crippen molar-refractivity contribution >= 4 is 34.8 Å². The smallest absolute Gasteiger partial charge is 0.244 e. The summed E-state index contributed by atoms with van der Waals surface area (Å²) in [5.74, 6) is -2.92. The topological polar surface area (TPSA) is 49.4 Å². The van der Waals surface area contributed by atoms with Crippen molar-refractivity contribution in [3.8, 4) is 0 Å². The molecule has 0 saturated carbocycles. The van der Waals surface area contributed by atoms with E-state index in [4.69, 9.17) is 11.6 Å². The molecule has 0 spiro atoms. The van der Waals surface area contributed by atoms with E-state index in [1.54, 1.807) is 25.1 Å². The summed E-state index contributed by atoms with van der Waals surface area (Å²) in [7, 11) is 0. The van der Waals surface area contributed by atoms with Gasteiger partial charge in [0, 0.05) is 17.6 Å². The van der Waals surface area contributed by atoms with Crippen molar-refractivity contribution in [2.75, 3.05) is 16.8 Å². The zero-order valence-electron chi connectivity index (χ0n) is 13.1. The lowest BCUT2D eigenvalue weighted by Crippen LogP contribution is -2.37. The minimum atomic E-state index is -0.892. The predicted octanol–water partition coefficient (Wildman–Crippen LogP) is 3.92. The van der Waals surface area contributed by atoms with Gasteiger partial charge in [-0.3, -0.25) is 9.59 Å². The van der Waals surface area contributed by atoms with Crippen LogP contribution < -0.4 is 10.2 Å². The molecule has 0 unspecified atom stereocenters. The van der Waals surface area contributed by atoms with Crippen LogP contribution in [0.2, 0.25) is 5.02 Å². The quantitative estimate of drug-likeness (QED) is 0.906. The summed E-state index contributed by atoms with van der Waals surface area (Å²) in [6, 6.07) is 8.15. The van der Waals surface area contributed by atoms with Crippen LogP contribution in [0.3, 0.4) is 0 Å². The second-order valence-corrected chi connectivity index (χ2v) is 5.59. The Morgan fingerprint density at radius 1 is 1.17 bits per heavy atom. The summed E-state index contributed by atoms with van der Waals surface area (Å²) in [6.07, 6.45) is 0. The fourth-order valence-electron chi connectivity index (χ4n) is 2.07. The van der Waals surface area contributed by atoms with Crippen molar-refractivity contribution in [3.63, 3.8) is 0 Å². The van der Waals surface area contributed by atoms with Crippen molar-refractivity contribution in [2.24, 2.45) is 0 Å². The van der Waals surface area contributed by atoms with Crippen LogP contribution in [0.15, 0.2) is 36.4 Å². The molecule has 1 N–H and O–H groups in total. The van der Waals surface area contributed by atoms with Gasteiger partial charge in [0.25, 0.3) is 0 Å². The number of amides is 2. The van der Waals surface area contributed by atoms with Gasteiger partial charge in [0.2, 0.25) is 11.8 Å². The van der Waals surface area contributed by atoms with E-state index in [0.717, 1.165) is 17.7 Å². The number of carbonyl (C=O) groups excluding carboxylic acids is 2. The van der Waals surface area contributed by atoms with E-state index in [-0.39, 0.29) is 0 Å². The van der Waals surface area contributed by atoms with Gasteiger partial charge in [0.1, 0.15) is 23.9 Å².